The molecule has 0 spiro atoms. The molecule has 3 aromatic rings. The fraction of sp³-hybridized carbons (Fsp3) is 0. The molecule has 0 amide bonds. The van der Waals surface area contributed by atoms with Crippen LogP contribution in [0.15, 0.2) is 47.1 Å². The fourth-order valence-electron chi connectivity index (χ4n) is 2.01. The van der Waals surface area contributed by atoms with Crippen molar-refractivity contribution in [3.63, 3.8) is 0 Å². The van der Waals surface area contributed by atoms with Gasteiger partial charge in [-0.15, -0.1) is 0 Å². The third-order valence-corrected chi connectivity index (χ3v) is 3.61. The van der Waals surface area contributed by atoms with Crippen LogP contribution in [0.3, 0.4) is 0 Å². The zero-order chi connectivity index (χ0) is 15.0. The second-order valence-corrected chi connectivity index (χ2v) is 5.15. The first kappa shape index (κ1) is 13.6. The van der Waals surface area contributed by atoms with E-state index < -0.39 is 11.8 Å². The van der Waals surface area contributed by atoms with Crippen LogP contribution < -0.4 is 5.32 Å². The highest BCUT2D eigenvalue weighted by molar-refractivity contribution is 9.10. The Balaban J connectivity index is 2.14. The number of nitrogens with zero attached hydrogens (tertiary/aromatic N) is 2. The van der Waals surface area contributed by atoms with Gasteiger partial charge >= 0.3 is 5.97 Å². The molecule has 1 aromatic carbocycles. The first-order valence-electron chi connectivity index (χ1n) is 5.99. The van der Waals surface area contributed by atoms with E-state index >= 15 is 0 Å². The number of halogens is 2. The number of carboxylic acid groups (broad SMARTS) is 1. The van der Waals surface area contributed by atoms with Gasteiger partial charge in [-0.1, -0.05) is 6.07 Å². The lowest BCUT2D eigenvalue weighted by Crippen LogP contribution is -2.05. The lowest BCUT2D eigenvalue weighted by Gasteiger charge is -2.07. The summed E-state index contributed by atoms with van der Waals surface area (Å²) in [6.07, 6.45) is 1.61. The van der Waals surface area contributed by atoms with Crippen LogP contribution >= 0.6 is 15.9 Å². The number of nitrogens with one attached hydrogen (secondary N) is 1. The van der Waals surface area contributed by atoms with Crippen LogP contribution in [0.2, 0.25) is 0 Å². The Kier molecular flexibility index (Phi) is 3.34. The SMILES string of the molecule is O=C(O)c1c(Nc2cc(F)ccc2Br)nc2ccccn12. The van der Waals surface area contributed by atoms with Crippen molar-refractivity contribution in [1.29, 1.82) is 0 Å². The zero-order valence-corrected chi connectivity index (χ0v) is 12.1. The smallest absolute Gasteiger partial charge is 0.356 e. The van der Waals surface area contributed by atoms with Gasteiger partial charge in [0.25, 0.3) is 0 Å². The minimum Gasteiger partial charge on any atom is -0.476 e. The van der Waals surface area contributed by atoms with Crippen molar-refractivity contribution in [2.45, 2.75) is 0 Å². The molecule has 106 valence electrons. The maximum absolute atomic E-state index is 13.3. The van der Waals surface area contributed by atoms with Crippen molar-refractivity contribution in [1.82, 2.24) is 9.38 Å². The molecule has 5 nitrogen and oxygen atoms in total. The number of aromatic nitrogens is 2. The Morgan fingerprint density at radius 2 is 2.14 bits per heavy atom. The molecule has 2 N–H and O–H groups in total. The maximum atomic E-state index is 13.3. The van der Waals surface area contributed by atoms with Crippen LogP contribution in [-0.4, -0.2) is 20.5 Å². The number of fused-ring (bicyclic) bond motifs is 1. The normalized spacial score (nSPS) is 10.8. The molecule has 0 radical (unpaired) electrons. The summed E-state index contributed by atoms with van der Waals surface area (Å²) in [6, 6.07) is 9.27. The van der Waals surface area contributed by atoms with Gasteiger partial charge < -0.3 is 10.4 Å². The number of anilines is 2. The van der Waals surface area contributed by atoms with Crippen molar-refractivity contribution in [2.75, 3.05) is 5.32 Å². The minimum atomic E-state index is -1.12. The summed E-state index contributed by atoms with van der Waals surface area (Å²) < 4.78 is 15.4. The Labute approximate surface area is 127 Å². The van der Waals surface area contributed by atoms with Crippen LogP contribution in [0.4, 0.5) is 15.9 Å². The predicted molar refractivity (Wildman–Crippen MR) is 79.5 cm³/mol. The molecule has 0 saturated heterocycles. The first-order valence-corrected chi connectivity index (χ1v) is 6.78. The molecule has 0 aliphatic carbocycles. The number of hydrogen-bond acceptors (Lipinski definition) is 3. The van der Waals surface area contributed by atoms with Crippen molar-refractivity contribution in [3.05, 3.63) is 58.6 Å². The third-order valence-electron chi connectivity index (χ3n) is 2.91. The van der Waals surface area contributed by atoms with Gasteiger partial charge in [0, 0.05) is 10.7 Å². The summed E-state index contributed by atoms with van der Waals surface area (Å²) >= 11 is 3.28. The van der Waals surface area contributed by atoms with Gasteiger partial charge in [0.2, 0.25) is 0 Å². The molecule has 21 heavy (non-hydrogen) atoms. The molecule has 0 saturated carbocycles. The van der Waals surface area contributed by atoms with Gasteiger partial charge in [0.05, 0.1) is 5.69 Å². The largest absolute Gasteiger partial charge is 0.476 e. The Morgan fingerprint density at radius 3 is 2.90 bits per heavy atom. The van der Waals surface area contributed by atoms with Crippen LogP contribution in [0, 0.1) is 5.82 Å². The zero-order valence-electron chi connectivity index (χ0n) is 10.5. The number of imidazole rings is 1. The molecular formula is C14H9BrFN3O2. The van der Waals surface area contributed by atoms with E-state index in [1.807, 2.05) is 0 Å². The molecule has 0 bridgehead atoms. The quantitative estimate of drug-likeness (QED) is 0.756. The first-order chi connectivity index (χ1) is 10.1. The van der Waals surface area contributed by atoms with Gasteiger partial charge in [0.1, 0.15) is 11.5 Å². The molecule has 3 rings (SSSR count). The Morgan fingerprint density at radius 1 is 1.33 bits per heavy atom. The molecule has 2 heterocycles. The Hall–Kier alpha value is -2.41. The highest BCUT2D eigenvalue weighted by atomic mass is 79.9. The van der Waals surface area contributed by atoms with Gasteiger partial charge in [-0.05, 0) is 46.3 Å². The number of carboxylic acids is 1. The molecular weight excluding hydrogens is 341 g/mol. The monoisotopic (exact) mass is 349 g/mol. The summed E-state index contributed by atoms with van der Waals surface area (Å²) in [5.41, 5.74) is 0.882. The van der Waals surface area contributed by atoms with Crippen molar-refractivity contribution in [3.8, 4) is 0 Å². The number of hydrogen-bond donors (Lipinski definition) is 2. The topological polar surface area (TPSA) is 66.6 Å². The minimum absolute atomic E-state index is 0.0123. The van der Waals surface area contributed by atoms with Crippen molar-refractivity contribution < 1.29 is 14.3 Å². The standard InChI is InChI=1S/C14H9BrFN3O2/c15-9-5-4-8(16)7-10(9)17-13-12(14(20)21)19-6-2-1-3-11(19)18-13/h1-7,17H,(H,20,21). The molecule has 0 fully saturated rings. The molecule has 0 aliphatic heterocycles. The van der Waals surface area contributed by atoms with Gasteiger partial charge in [-0.2, -0.15) is 0 Å². The van der Waals surface area contributed by atoms with Crippen molar-refractivity contribution in [2.24, 2.45) is 0 Å². The summed E-state index contributed by atoms with van der Waals surface area (Å²) in [7, 11) is 0. The fourth-order valence-corrected chi connectivity index (χ4v) is 2.35. The molecule has 7 heteroatoms. The summed E-state index contributed by atoms with van der Waals surface area (Å²) in [4.78, 5) is 15.7. The van der Waals surface area contributed by atoms with E-state index in [0.29, 0.717) is 15.8 Å². The van der Waals surface area contributed by atoms with E-state index in [-0.39, 0.29) is 11.5 Å². The average molecular weight is 350 g/mol. The van der Waals surface area contributed by atoms with E-state index in [4.69, 9.17) is 0 Å². The highest BCUT2D eigenvalue weighted by Crippen LogP contribution is 2.28. The van der Waals surface area contributed by atoms with E-state index in [0.717, 1.165) is 0 Å². The van der Waals surface area contributed by atoms with E-state index in [1.165, 1.54) is 22.6 Å². The second kappa shape index (κ2) is 5.17. The van der Waals surface area contributed by atoms with E-state index in [9.17, 15) is 14.3 Å². The number of pyridine rings is 1. The lowest BCUT2D eigenvalue weighted by atomic mass is 10.3. The number of benzene rings is 1. The summed E-state index contributed by atoms with van der Waals surface area (Å²) in [5.74, 6) is -1.40. The summed E-state index contributed by atoms with van der Waals surface area (Å²) in [6.45, 7) is 0. The maximum Gasteiger partial charge on any atom is 0.356 e. The Bertz CT molecular complexity index is 847. The van der Waals surface area contributed by atoms with Gasteiger partial charge in [-0.25, -0.2) is 14.2 Å². The van der Waals surface area contributed by atoms with Crippen LogP contribution in [0.1, 0.15) is 10.5 Å². The van der Waals surface area contributed by atoms with Crippen LogP contribution in [-0.2, 0) is 0 Å². The molecule has 2 aromatic heterocycles. The lowest BCUT2D eigenvalue weighted by molar-refractivity contribution is 0.0690. The van der Waals surface area contributed by atoms with Crippen molar-refractivity contribution >= 4 is 39.1 Å². The molecule has 0 aliphatic rings. The molecule has 0 unspecified atom stereocenters. The van der Waals surface area contributed by atoms with Crippen LogP contribution in [0.5, 0.6) is 0 Å². The van der Waals surface area contributed by atoms with Gasteiger partial charge in [0.15, 0.2) is 11.5 Å². The van der Waals surface area contributed by atoms with E-state index in [1.54, 1.807) is 24.4 Å². The van der Waals surface area contributed by atoms with Crippen LogP contribution in [0.25, 0.3) is 5.65 Å². The summed E-state index contributed by atoms with van der Waals surface area (Å²) in [5, 5.41) is 12.2. The average Bonchev–Trinajstić information content (AvgIpc) is 2.80. The van der Waals surface area contributed by atoms with Gasteiger partial charge in [-0.3, -0.25) is 4.40 Å². The number of carbonyl (C=O) groups is 1. The highest BCUT2D eigenvalue weighted by Gasteiger charge is 2.19. The predicted octanol–water partition coefficient (Wildman–Crippen LogP) is 3.68. The molecule has 0 atom stereocenters. The second-order valence-electron chi connectivity index (χ2n) is 4.29. The number of rotatable bonds is 3. The third kappa shape index (κ3) is 2.47. The van der Waals surface area contributed by atoms with E-state index in [2.05, 4.69) is 26.2 Å². The number of aromatic carboxylic acids is 1.